The molecular weight excluding hydrogens is 319 g/mol. The molecule has 0 unspecified atom stereocenters. The van der Waals surface area contributed by atoms with E-state index in [1.807, 2.05) is 12.1 Å². The summed E-state index contributed by atoms with van der Waals surface area (Å²) >= 11 is 12.5. The minimum Gasteiger partial charge on any atom is -0.280 e. The van der Waals surface area contributed by atoms with Gasteiger partial charge in [0.05, 0.1) is 52.3 Å². The molecule has 2 aromatic rings. The van der Waals surface area contributed by atoms with E-state index in [1.165, 1.54) is 0 Å². The molecule has 4 nitrogen and oxygen atoms in total. The molecule has 0 aliphatic carbocycles. The first-order valence-corrected chi connectivity index (χ1v) is 7.73. The van der Waals surface area contributed by atoms with Crippen molar-refractivity contribution in [3.8, 4) is 11.3 Å². The largest absolute Gasteiger partial charge is 0.280 e. The molecule has 0 saturated heterocycles. The number of benzene rings is 1. The summed E-state index contributed by atoms with van der Waals surface area (Å²) in [4.78, 5) is 9.49. The molecule has 0 saturated carbocycles. The van der Waals surface area contributed by atoms with Crippen LogP contribution < -0.4 is 8.97 Å². The highest BCUT2D eigenvalue weighted by Crippen LogP contribution is 2.38. The van der Waals surface area contributed by atoms with Crippen molar-refractivity contribution in [2.45, 2.75) is 0 Å². The van der Waals surface area contributed by atoms with Crippen molar-refractivity contribution in [1.82, 2.24) is 18.9 Å². The molecule has 0 bridgehead atoms. The van der Waals surface area contributed by atoms with E-state index >= 15 is 0 Å². The predicted molar refractivity (Wildman–Crippen MR) is 96.6 cm³/mol. The summed E-state index contributed by atoms with van der Waals surface area (Å²) in [5, 5.41) is 1.02. The molecule has 118 valence electrons. The molecule has 0 aliphatic heterocycles. The zero-order valence-corrected chi connectivity index (χ0v) is 15.4. The van der Waals surface area contributed by atoms with Crippen LogP contribution in [0.1, 0.15) is 0 Å². The van der Waals surface area contributed by atoms with Crippen LogP contribution in [0.25, 0.3) is 11.3 Å². The van der Waals surface area contributed by atoms with Crippen LogP contribution in [0.3, 0.4) is 0 Å². The second-order valence-corrected chi connectivity index (χ2v) is 7.81. The van der Waals surface area contributed by atoms with E-state index in [4.69, 9.17) is 28.2 Å². The second-order valence-electron chi connectivity index (χ2n) is 7.03. The van der Waals surface area contributed by atoms with E-state index in [-0.39, 0.29) is 0 Å². The SMILES string of the molecule is C[N+](C)(C)c1cnc(-c2cccc(Cl)c2Cl)c([N+](C)(C)C)n1. The molecule has 0 fully saturated rings. The Balaban J connectivity index is 2.74. The Bertz CT molecular complexity index is 700. The summed E-state index contributed by atoms with van der Waals surface area (Å²) in [5.41, 5.74) is 1.56. The van der Waals surface area contributed by atoms with Crippen molar-refractivity contribution in [3.05, 3.63) is 34.4 Å². The van der Waals surface area contributed by atoms with E-state index < -0.39 is 0 Å². The number of aromatic nitrogens is 2. The van der Waals surface area contributed by atoms with Crippen LogP contribution in [0.4, 0.5) is 11.6 Å². The lowest BCUT2D eigenvalue weighted by Gasteiger charge is -2.27. The van der Waals surface area contributed by atoms with Gasteiger partial charge in [0.25, 0.3) is 11.6 Å². The van der Waals surface area contributed by atoms with Gasteiger partial charge >= 0.3 is 0 Å². The Morgan fingerprint density at radius 3 is 2.09 bits per heavy atom. The van der Waals surface area contributed by atoms with Crippen molar-refractivity contribution < 1.29 is 0 Å². The van der Waals surface area contributed by atoms with Crippen LogP contribution in [0.2, 0.25) is 10.0 Å². The van der Waals surface area contributed by atoms with E-state index in [9.17, 15) is 0 Å². The summed E-state index contributed by atoms with van der Waals surface area (Å²) in [6.07, 6.45) is 1.80. The monoisotopic (exact) mass is 340 g/mol. The Morgan fingerprint density at radius 2 is 1.55 bits per heavy atom. The highest BCUT2D eigenvalue weighted by molar-refractivity contribution is 6.43. The van der Waals surface area contributed by atoms with Gasteiger partial charge < -0.3 is 0 Å². The van der Waals surface area contributed by atoms with Gasteiger partial charge in [-0.2, -0.15) is 0 Å². The molecule has 0 aliphatic rings. The third kappa shape index (κ3) is 3.41. The summed E-state index contributed by atoms with van der Waals surface area (Å²) in [6, 6.07) is 5.56. The smallest absolute Gasteiger partial charge is 0.258 e. The number of quaternary nitrogens is 2. The molecule has 0 atom stereocenters. The highest BCUT2D eigenvalue weighted by atomic mass is 35.5. The minimum atomic E-state index is 0.506. The standard InChI is InChI=1S/C16H22Cl2N4/c1-21(2,3)13-10-19-15(16(20-13)22(4,5)6)11-8-7-9-12(17)14(11)18/h7-10H,1-6H3/q+2. The van der Waals surface area contributed by atoms with Crippen LogP contribution in [-0.4, -0.2) is 52.3 Å². The van der Waals surface area contributed by atoms with Crippen LogP contribution >= 0.6 is 23.2 Å². The number of halogens is 2. The van der Waals surface area contributed by atoms with Gasteiger partial charge in [0.2, 0.25) is 0 Å². The highest BCUT2D eigenvalue weighted by Gasteiger charge is 2.28. The molecule has 0 radical (unpaired) electrons. The predicted octanol–water partition coefficient (Wildman–Crippen LogP) is 3.84. The van der Waals surface area contributed by atoms with Gasteiger partial charge in [0.1, 0.15) is 6.20 Å². The average molecular weight is 341 g/mol. The molecule has 2 rings (SSSR count). The van der Waals surface area contributed by atoms with E-state index in [0.29, 0.717) is 19.0 Å². The number of hydrogen-bond acceptors (Lipinski definition) is 2. The summed E-state index contributed by atoms with van der Waals surface area (Å²) in [7, 11) is 12.4. The third-order valence-electron chi connectivity index (χ3n) is 3.27. The Kier molecular flexibility index (Phi) is 4.51. The summed E-state index contributed by atoms with van der Waals surface area (Å²) in [5.74, 6) is 1.75. The van der Waals surface area contributed by atoms with Gasteiger partial charge in [-0.1, -0.05) is 35.3 Å². The van der Waals surface area contributed by atoms with Crippen LogP contribution in [0.5, 0.6) is 0 Å². The van der Waals surface area contributed by atoms with Crippen LogP contribution in [0.15, 0.2) is 24.4 Å². The van der Waals surface area contributed by atoms with Crippen molar-refractivity contribution in [2.75, 3.05) is 42.3 Å². The molecule has 6 heteroatoms. The normalized spacial score (nSPS) is 12.5. The van der Waals surface area contributed by atoms with E-state index in [1.54, 1.807) is 12.3 Å². The van der Waals surface area contributed by atoms with Crippen molar-refractivity contribution in [1.29, 1.82) is 0 Å². The van der Waals surface area contributed by atoms with Gasteiger partial charge in [-0.25, -0.2) is 4.98 Å². The fourth-order valence-corrected chi connectivity index (χ4v) is 2.43. The maximum Gasteiger partial charge on any atom is 0.258 e. The maximum atomic E-state index is 6.37. The fraction of sp³-hybridized carbons (Fsp3) is 0.375. The molecule has 1 aromatic carbocycles. The van der Waals surface area contributed by atoms with Gasteiger partial charge in [0.15, 0.2) is 5.69 Å². The number of hydrogen-bond donors (Lipinski definition) is 0. The summed E-state index contributed by atoms with van der Waals surface area (Å²) < 4.78 is 1.14. The zero-order valence-electron chi connectivity index (χ0n) is 13.9. The van der Waals surface area contributed by atoms with Crippen LogP contribution in [0, 0.1) is 0 Å². The third-order valence-corrected chi connectivity index (χ3v) is 4.09. The Morgan fingerprint density at radius 1 is 0.909 bits per heavy atom. The molecular formula is C16H22Cl2N4+2. The lowest BCUT2D eigenvalue weighted by atomic mass is 10.1. The van der Waals surface area contributed by atoms with E-state index in [0.717, 1.165) is 22.9 Å². The first kappa shape index (κ1) is 17.2. The van der Waals surface area contributed by atoms with E-state index in [2.05, 4.69) is 47.3 Å². The van der Waals surface area contributed by atoms with Gasteiger partial charge in [0, 0.05) is 5.56 Å². The fourth-order valence-electron chi connectivity index (χ4n) is 2.04. The zero-order chi connectivity index (χ0) is 16.7. The second kappa shape index (κ2) is 5.78. The summed E-state index contributed by atoms with van der Waals surface area (Å²) in [6.45, 7) is 0. The molecule has 1 aromatic heterocycles. The van der Waals surface area contributed by atoms with Crippen LogP contribution in [-0.2, 0) is 0 Å². The van der Waals surface area contributed by atoms with Gasteiger partial charge in [-0.05, 0) is 6.07 Å². The first-order valence-electron chi connectivity index (χ1n) is 6.97. The van der Waals surface area contributed by atoms with Gasteiger partial charge in [-0.15, -0.1) is 4.98 Å². The molecule has 1 heterocycles. The van der Waals surface area contributed by atoms with Crippen molar-refractivity contribution >= 4 is 34.8 Å². The topological polar surface area (TPSA) is 25.8 Å². The molecule has 22 heavy (non-hydrogen) atoms. The Labute approximate surface area is 142 Å². The Hall–Kier alpha value is -1.20. The first-order chi connectivity index (χ1) is 10.0. The van der Waals surface area contributed by atoms with Crippen molar-refractivity contribution in [3.63, 3.8) is 0 Å². The average Bonchev–Trinajstić information content (AvgIpc) is 2.39. The van der Waals surface area contributed by atoms with Crippen molar-refractivity contribution in [2.24, 2.45) is 0 Å². The molecule has 0 amide bonds. The maximum absolute atomic E-state index is 6.37. The molecule has 0 spiro atoms. The lowest BCUT2D eigenvalue weighted by Crippen LogP contribution is -2.40. The number of nitrogens with zero attached hydrogens (tertiary/aromatic N) is 4. The quantitative estimate of drug-likeness (QED) is 0.793. The molecule has 0 N–H and O–H groups in total. The lowest BCUT2D eigenvalue weighted by molar-refractivity contribution is 0.446. The number of rotatable bonds is 3. The van der Waals surface area contributed by atoms with Gasteiger partial charge in [-0.3, -0.25) is 8.97 Å². The minimum absolute atomic E-state index is 0.506.